The third kappa shape index (κ3) is 8.09. The van der Waals surface area contributed by atoms with Crippen molar-refractivity contribution < 1.29 is 9.59 Å². The van der Waals surface area contributed by atoms with Crippen molar-refractivity contribution in [2.45, 2.75) is 83.3 Å². The first-order valence-electron chi connectivity index (χ1n) is 14.0. The van der Waals surface area contributed by atoms with Crippen molar-refractivity contribution >= 4 is 35.0 Å². The second-order valence-electron chi connectivity index (χ2n) is 10.8. The summed E-state index contributed by atoms with van der Waals surface area (Å²) in [5.41, 5.74) is 4.02. The van der Waals surface area contributed by atoms with E-state index >= 15 is 0 Å². The Morgan fingerprint density at radius 2 is 1.51 bits per heavy atom. The van der Waals surface area contributed by atoms with Gasteiger partial charge in [-0.15, -0.1) is 0 Å². The molecule has 39 heavy (non-hydrogen) atoms. The molecule has 3 aromatic rings. The zero-order chi connectivity index (χ0) is 27.8. The van der Waals surface area contributed by atoms with Crippen molar-refractivity contribution in [2.24, 2.45) is 0 Å². The van der Waals surface area contributed by atoms with Crippen LogP contribution in [0.3, 0.4) is 0 Å². The Labute approximate surface area is 242 Å². The van der Waals surface area contributed by atoms with Crippen LogP contribution in [0.1, 0.15) is 74.1 Å². The minimum absolute atomic E-state index is 0.0959. The molecular formula is C33H38Cl2N2O2. The number of hydrogen-bond acceptors (Lipinski definition) is 2. The average Bonchev–Trinajstić information content (AvgIpc) is 3.44. The van der Waals surface area contributed by atoms with Gasteiger partial charge < -0.3 is 10.2 Å². The lowest BCUT2D eigenvalue weighted by molar-refractivity contribution is -0.141. The molecule has 4 nitrogen and oxygen atoms in total. The Morgan fingerprint density at radius 1 is 0.872 bits per heavy atom. The summed E-state index contributed by atoms with van der Waals surface area (Å²) in [6.07, 6.45) is 5.46. The molecule has 1 saturated carbocycles. The number of hydrogen-bond donors (Lipinski definition) is 1. The first-order chi connectivity index (χ1) is 18.8. The number of nitrogens with zero attached hydrogens (tertiary/aromatic N) is 1. The molecule has 0 spiro atoms. The molecule has 0 heterocycles. The molecule has 0 unspecified atom stereocenters. The zero-order valence-corrected chi connectivity index (χ0v) is 24.3. The van der Waals surface area contributed by atoms with E-state index in [0.717, 1.165) is 36.8 Å². The molecule has 6 heteroatoms. The average molecular weight is 566 g/mol. The molecular weight excluding hydrogens is 527 g/mol. The van der Waals surface area contributed by atoms with Crippen LogP contribution in [0.15, 0.2) is 72.8 Å². The molecule has 0 radical (unpaired) electrons. The standard InChI is InChI=1S/C33H38Cl2N2O2/c1-23(2)26-18-15-24(16-19-26)17-20-32(38)37(22-28-29(34)13-8-14-30(28)35)31(21-25-9-4-3-5-10-25)33(39)36-27-11-6-7-12-27/h3-5,8-10,13-16,18-19,23,27,31H,6-7,11-12,17,20-22H2,1-2H3,(H,36,39)/t31-/m0/s1. The van der Waals surface area contributed by atoms with Crippen LogP contribution in [0.4, 0.5) is 0 Å². The van der Waals surface area contributed by atoms with Gasteiger partial charge in [-0.25, -0.2) is 0 Å². The summed E-state index contributed by atoms with van der Waals surface area (Å²) in [7, 11) is 0. The normalized spacial score (nSPS) is 14.4. The molecule has 0 bridgehead atoms. The van der Waals surface area contributed by atoms with Gasteiger partial charge in [0.15, 0.2) is 0 Å². The molecule has 3 aromatic carbocycles. The summed E-state index contributed by atoms with van der Waals surface area (Å²) in [5, 5.41) is 4.21. The van der Waals surface area contributed by atoms with Gasteiger partial charge >= 0.3 is 0 Å². The van der Waals surface area contributed by atoms with Gasteiger partial charge in [0.05, 0.1) is 0 Å². The molecule has 1 aliphatic carbocycles. The first kappa shape index (κ1) is 29.2. The second-order valence-corrected chi connectivity index (χ2v) is 11.6. The van der Waals surface area contributed by atoms with E-state index < -0.39 is 6.04 Å². The Morgan fingerprint density at radius 3 is 2.13 bits per heavy atom. The van der Waals surface area contributed by atoms with Crippen LogP contribution in [-0.4, -0.2) is 28.8 Å². The fourth-order valence-corrected chi connectivity index (χ4v) is 5.76. The van der Waals surface area contributed by atoms with E-state index in [1.807, 2.05) is 30.3 Å². The van der Waals surface area contributed by atoms with Gasteiger partial charge in [-0.2, -0.15) is 0 Å². The maximum absolute atomic E-state index is 14.0. The van der Waals surface area contributed by atoms with E-state index in [0.29, 0.717) is 34.4 Å². The Bertz CT molecular complexity index is 1220. The minimum atomic E-state index is -0.684. The first-order valence-corrected chi connectivity index (χ1v) is 14.7. The van der Waals surface area contributed by atoms with Gasteiger partial charge in [-0.05, 0) is 54.0 Å². The summed E-state index contributed by atoms with van der Waals surface area (Å²) >= 11 is 13.1. The highest BCUT2D eigenvalue weighted by Gasteiger charge is 2.32. The fraction of sp³-hybridized carbons (Fsp3) is 0.394. The van der Waals surface area contributed by atoms with Crippen LogP contribution in [0, 0.1) is 0 Å². The Hall–Kier alpha value is -2.82. The van der Waals surface area contributed by atoms with Gasteiger partial charge in [-0.1, -0.05) is 111 Å². The number of carbonyl (C=O) groups excluding carboxylic acids is 2. The molecule has 2 amide bonds. The lowest BCUT2D eigenvalue weighted by atomic mass is 9.99. The lowest BCUT2D eigenvalue weighted by Gasteiger charge is -2.33. The predicted octanol–water partition coefficient (Wildman–Crippen LogP) is 7.75. The molecule has 1 fully saturated rings. The molecule has 0 saturated heterocycles. The molecule has 1 atom stereocenters. The van der Waals surface area contributed by atoms with Crippen molar-refractivity contribution in [2.75, 3.05) is 0 Å². The number of rotatable bonds is 11. The highest BCUT2D eigenvalue weighted by Crippen LogP contribution is 2.28. The van der Waals surface area contributed by atoms with Crippen molar-refractivity contribution in [1.82, 2.24) is 10.2 Å². The largest absolute Gasteiger partial charge is 0.352 e. The summed E-state index contributed by atoms with van der Waals surface area (Å²) in [6.45, 7) is 4.50. The molecule has 206 valence electrons. The Balaban J connectivity index is 1.62. The zero-order valence-electron chi connectivity index (χ0n) is 22.8. The molecule has 1 N–H and O–H groups in total. The van der Waals surface area contributed by atoms with Gasteiger partial charge in [0.1, 0.15) is 6.04 Å². The van der Waals surface area contributed by atoms with E-state index in [1.165, 1.54) is 5.56 Å². The van der Waals surface area contributed by atoms with Crippen LogP contribution in [0.5, 0.6) is 0 Å². The summed E-state index contributed by atoms with van der Waals surface area (Å²) < 4.78 is 0. The summed E-state index contributed by atoms with van der Waals surface area (Å²) in [5.74, 6) is 0.235. The number of carbonyl (C=O) groups is 2. The fourth-order valence-electron chi connectivity index (χ4n) is 5.24. The maximum atomic E-state index is 14.0. The predicted molar refractivity (Wildman–Crippen MR) is 160 cm³/mol. The third-order valence-electron chi connectivity index (χ3n) is 7.64. The van der Waals surface area contributed by atoms with Crippen LogP contribution < -0.4 is 5.32 Å². The maximum Gasteiger partial charge on any atom is 0.243 e. The smallest absolute Gasteiger partial charge is 0.243 e. The van der Waals surface area contributed by atoms with Gasteiger partial charge in [0.25, 0.3) is 0 Å². The van der Waals surface area contributed by atoms with Crippen molar-refractivity contribution in [3.63, 3.8) is 0 Å². The van der Waals surface area contributed by atoms with Gasteiger partial charge in [-0.3, -0.25) is 9.59 Å². The van der Waals surface area contributed by atoms with Crippen LogP contribution in [-0.2, 0) is 29.0 Å². The molecule has 4 rings (SSSR count). The number of benzene rings is 3. The van der Waals surface area contributed by atoms with Crippen LogP contribution >= 0.6 is 23.2 Å². The van der Waals surface area contributed by atoms with E-state index in [-0.39, 0.29) is 30.8 Å². The van der Waals surface area contributed by atoms with E-state index in [2.05, 4.69) is 43.4 Å². The van der Waals surface area contributed by atoms with Gasteiger partial charge in [0.2, 0.25) is 11.8 Å². The van der Waals surface area contributed by atoms with E-state index in [9.17, 15) is 9.59 Å². The highest BCUT2D eigenvalue weighted by molar-refractivity contribution is 6.36. The van der Waals surface area contributed by atoms with Gasteiger partial charge in [0, 0.05) is 41.0 Å². The topological polar surface area (TPSA) is 49.4 Å². The highest BCUT2D eigenvalue weighted by atomic mass is 35.5. The number of aryl methyl sites for hydroxylation is 1. The number of amides is 2. The number of halogens is 2. The molecule has 0 aromatic heterocycles. The molecule has 1 aliphatic rings. The van der Waals surface area contributed by atoms with Crippen LogP contribution in [0.25, 0.3) is 0 Å². The SMILES string of the molecule is CC(C)c1ccc(CCC(=O)N(Cc2c(Cl)cccc2Cl)[C@@H](Cc2ccccc2)C(=O)NC2CCCC2)cc1. The van der Waals surface area contributed by atoms with Crippen LogP contribution in [0.2, 0.25) is 10.0 Å². The third-order valence-corrected chi connectivity index (χ3v) is 8.34. The van der Waals surface area contributed by atoms with Crippen molar-refractivity contribution in [1.29, 1.82) is 0 Å². The quantitative estimate of drug-likeness (QED) is 0.259. The summed E-state index contributed by atoms with van der Waals surface area (Å²) in [6, 6.07) is 23.1. The summed E-state index contributed by atoms with van der Waals surface area (Å²) in [4.78, 5) is 29.5. The lowest BCUT2D eigenvalue weighted by Crippen LogP contribution is -2.52. The second kappa shape index (κ2) is 14.0. The number of nitrogens with one attached hydrogen (secondary N) is 1. The van der Waals surface area contributed by atoms with E-state index in [4.69, 9.17) is 23.2 Å². The van der Waals surface area contributed by atoms with Crippen molar-refractivity contribution in [3.05, 3.63) is 105 Å². The monoisotopic (exact) mass is 564 g/mol. The van der Waals surface area contributed by atoms with Crippen molar-refractivity contribution in [3.8, 4) is 0 Å². The Kier molecular flexibility index (Phi) is 10.5. The van der Waals surface area contributed by atoms with E-state index in [1.54, 1.807) is 23.1 Å². The molecule has 0 aliphatic heterocycles. The minimum Gasteiger partial charge on any atom is -0.352 e.